The van der Waals surface area contributed by atoms with E-state index in [1.54, 1.807) is 26.8 Å². The van der Waals surface area contributed by atoms with Crippen LogP contribution in [0.2, 0.25) is 0 Å². The number of rotatable bonds is 4. The van der Waals surface area contributed by atoms with Crippen molar-refractivity contribution in [1.82, 2.24) is 5.32 Å². The highest BCUT2D eigenvalue weighted by Gasteiger charge is 2.33. The van der Waals surface area contributed by atoms with E-state index in [4.69, 9.17) is 9.47 Å². The molecule has 0 aliphatic carbocycles. The molecule has 0 aromatic heterocycles. The molecule has 1 aromatic rings. The lowest BCUT2D eigenvalue weighted by Gasteiger charge is -2.24. The fourth-order valence-electron chi connectivity index (χ4n) is 2.98. The number of ether oxygens (including phenoxy) is 2. The lowest BCUT2D eigenvalue weighted by Crippen LogP contribution is -2.38. The summed E-state index contributed by atoms with van der Waals surface area (Å²) < 4.78 is 47.9. The van der Waals surface area contributed by atoms with Gasteiger partial charge < -0.3 is 19.7 Å². The molecule has 2 aliphatic heterocycles. The normalized spacial score (nSPS) is 20.8. The van der Waals surface area contributed by atoms with Crippen molar-refractivity contribution in [2.75, 3.05) is 35.2 Å². The molecule has 11 heteroatoms. The number of hydrogen-bond donors (Lipinski definition) is 1. The molecule has 0 radical (unpaired) electrons. The van der Waals surface area contributed by atoms with Crippen LogP contribution in [0.15, 0.2) is 29.8 Å². The van der Waals surface area contributed by atoms with Crippen molar-refractivity contribution in [3.8, 4) is 0 Å². The molecular formula is C19H24FN3O6S. The average molecular weight is 441 g/mol. The van der Waals surface area contributed by atoms with E-state index < -0.39 is 39.5 Å². The molecule has 0 saturated carbocycles. The Morgan fingerprint density at radius 1 is 1.37 bits per heavy atom. The molecule has 1 atom stereocenters. The largest absolute Gasteiger partial charge is 0.444 e. The van der Waals surface area contributed by atoms with Gasteiger partial charge in [-0.1, -0.05) is 0 Å². The maximum absolute atomic E-state index is 14.6. The number of nitrogens with one attached hydrogen (secondary N) is 1. The Bertz CT molecular complexity index is 973. The Hall–Kier alpha value is -2.82. The van der Waals surface area contributed by atoms with Crippen LogP contribution in [0.25, 0.3) is 0 Å². The van der Waals surface area contributed by atoms with Crippen molar-refractivity contribution in [2.45, 2.75) is 32.5 Å². The van der Waals surface area contributed by atoms with Crippen LogP contribution < -0.4 is 15.1 Å². The van der Waals surface area contributed by atoms with E-state index >= 15 is 0 Å². The third-order valence-electron chi connectivity index (χ3n) is 4.36. The third kappa shape index (κ3) is 5.41. The quantitative estimate of drug-likeness (QED) is 0.765. The van der Waals surface area contributed by atoms with Crippen molar-refractivity contribution in [1.29, 1.82) is 0 Å². The van der Waals surface area contributed by atoms with Crippen LogP contribution in [0.4, 0.5) is 25.4 Å². The summed E-state index contributed by atoms with van der Waals surface area (Å²) in [5, 5.41) is 3.59. The van der Waals surface area contributed by atoms with E-state index in [2.05, 4.69) is 5.32 Å². The zero-order valence-corrected chi connectivity index (χ0v) is 17.7. The van der Waals surface area contributed by atoms with Crippen LogP contribution >= 0.6 is 0 Å². The van der Waals surface area contributed by atoms with E-state index in [-0.39, 0.29) is 31.1 Å². The summed E-state index contributed by atoms with van der Waals surface area (Å²) in [5.41, 5.74) is -0.134. The van der Waals surface area contributed by atoms with Gasteiger partial charge in [-0.05, 0) is 39.0 Å². The van der Waals surface area contributed by atoms with Crippen LogP contribution in [0.5, 0.6) is 0 Å². The van der Waals surface area contributed by atoms with Crippen molar-refractivity contribution in [3.05, 3.63) is 35.6 Å². The van der Waals surface area contributed by atoms with Gasteiger partial charge in [-0.3, -0.25) is 4.90 Å². The minimum absolute atomic E-state index is 0.0603. The molecule has 30 heavy (non-hydrogen) atoms. The van der Waals surface area contributed by atoms with Crippen LogP contribution in [0.3, 0.4) is 0 Å². The van der Waals surface area contributed by atoms with Crippen molar-refractivity contribution < 1.29 is 31.9 Å². The topological polar surface area (TPSA) is 105 Å². The first-order valence-electron chi connectivity index (χ1n) is 9.36. The number of carbonyl (C=O) groups is 2. The predicted octanol–water partition coefficient (Wildman–Crippen LogP) is 2.38. The summed E-state index contributed by atoms with van der Waals surface area (Å²) in [6.07, 6.45) is -0.562. The maximum Gasteiger partial charge on any atom is 0.414 e. The molecule has 9 nitrogen and oxygen atoms in total. The van der Waals surface area contributed by atoms with E-state index in [0.29, 0.717) is 5.69 Å². The van der Waals surface area contributed by atoms with Crippen LogP contribution in [0.1, 0.15) is 20.8 Å². The number of amides is 2. The smallest absolute Gasteiger partial charge is 0.414 e. The van der Waals surface area contributed by atoms with Gasteiger partial charge in [0.1, 0.15) is 17.5 Å². The van der Waals surface area contributed by atoms with Gasteiger partial charge in [0.05, 0.1) is 30.2 Å². The summed E-state index contributed by atoms with van der Waals surface area (Å²) >= 11 is 0. The second-order valence-corrected chi connectivity index (χ2v) is 9.99. The van der Waals surface area contributed by atoms with Crippen LogP contribution in [-0.4, -0.2) is 57.7 Å². The number of hydrogen-bond acceptors (Lipinski definition) is 7. The molecule has 2 heterocycles. The molecule has 1 fully saturated rings. The molecule has 1 saturated heterocycles. The number of nitrogens with zero attached hydrogens (tertiary/aromatic N) is 2. The molecule has 0 spiro atoms. The molecule has 3 rings (SSSR count). The lowest BCUT2D eigenvalue weighted by atomic mass is 10.2. The van der Waals surface area contributed by atoms with Crippen LogP contribution in [-0.2, 0) is 19.3 Å². The molecule has 164 valence electrons. The Morgan fingerprint density at radius 3 is 2.70 bits per heavy atom. The van der Waals surface area contributed by atoms with Gasteiger partial charge in [-0.15, -0.1) is 0 Å². The standard InChI is InChI=1S/C19H24FN3O6S/c1-19(2,3)29-17(24)21-11-14-12-23(18(25)28-14)13-4-5-16(15(20)10-13)22-6-8-30(26,27)9-7-22/h4-6,8,10,14H,7,9,11-12H2,1-3H3,(H,21,24). The number of cyclic esters (lactones) is 1. The summed E-state index contributed by atoms with van der Waals surface area (Å²) in [7, 11) is -3.25. The van der Waals surface area contributed by atoms with Gasteiger partial charge in [0.15, 0.2) is 9.84 Å². The van der Waals surface area contributed by atoms with Gasteiger partial charge >= 0.3 is 12.2 Å². The first-order chi connectivity index (χ1) is 13.9. The highest BCUT2D eigenvalue weighted by Crippen LogP contribution is 2.29. The maximum atomic E-state index is 14.6. The minimum Gasteiger partial charge on any atom is -0.444 e. The molecule has 1 aromatic carbocycles. The monoisotopic (exact) mass is 441 g/mol. The lowest BCUT2D eigenvalue weighted by molar-refractivity contribution is 0.0496. The summed E-state index contributed by atoms with van der Waals surface area (Å²) in [6, 6.07) is 4.23. The number of alkyl carbamates (subject to hydrolysis) is 1. The molecule has 0 bridgehead atoms. The van der Waals surface area contributed by atoms with Crippen molar-refractivity contribution in [3.63, 3.8) is 0 Å². The van der Waals surface area contributed by atoms with Crippen molar-refractivity contribution >= 4 is 33.4 Å². The zero-order valence-electron chi connectivity index (χ0n) is 16.9. The summed E-state index contributed by atoms with van der Waals surface area (Å²) in [5.74, 6) is -0.699. The van der Waals surface area contributed by atoms with E-state index in [1.165, 1.54) is 28.1 Å². The highest BCUT2D eigenvalue weighted by atomic mass is 32.2. The van der Waals surface area contributed by atoms with Crippen molar-refractivity contribution in [2.24, 2.45) is 0 Å². The van der Waals surface area contributed by atoms with Crippen LogP contribution in [0, 0.1) is 5.82 Å². The number of anilines is 2. The number of carbonyl (C=O) groups excluding carboxylic acids is 2. The third-order valence-corrected chi connectivity index (χ3v) is 5.65. The predicted molar refractivity (Wildman–Crippen MR) is 109 cm³/mol. The first kappa shape index (κ1) is 21.9. The Kier molecular flexibility index (Phi) is 5.93. The highest BCUT2D eigenvalue weighted by molar-refractivity contribution is 7.94. The molecular weight excluding hydrogens is 417 g/mol. The van der Waals surface area contributed by atoms with E-state index in [9.17, 15) is 22.4 Å². The fourth-order valence-corrected chi connectivity index (χ4v) is 3.90. The number of halogens is 1. The SMILES string of the molecule is CC(C)(C)OC(=O)NCC1CN(c2ccc(N3C=CS(=O)(=O)CC3)c(F)c2)C(=O)O1. The molecule has 2 amide bonds. The fraction of sp³-hybridized carbons (Fsp3) is 0.474. The minimum atomic E-state index is -3.25. The first-order valence-corrected chi connectivity index (χ1v) is 11.1. The van der Waals surface area contributed by atoms with E-state index in [1.807, 2.05) is 0 Å². The second-order valence-electron chi connectivity index (χ2n) is 7.98. The van der Waals surface area contributed by atoms with Gasteiger partial charge in [-0.2, -0.15) is 0 Å². The van der Waals surface area contributed by atoms with Gasteiger partial charge in [-0.25, -0.2) is 22.4 Å². The molecule has 1 N–H and O–H groups in total. The summed E-state index contributed by atoms with van der Waals surface area (Å²) in [6.45, 7) is 5.54. The van der Waals surface area contributed by atoms with Gasteiger partial charge in [0, 0.05) is 18.2 Å². The van der Waals surface area contributed by atoms with E-state index in [0.717, 1.165) is 5.41 Å². The number of sulfone groups is 1. The summed E-state index contributed by atoms with van der Waals surface area (Å²) in [4.78, 5) is 26.7. The molecule has 2 aliphatic rings. The Morgan fingerprint density at radius 2 is 2.10 bits per heavy atom. The van der Waals surface area contributed by atoms with Gasteiger partial charge in [0.2, 0.25) is 0 Å². The molecule has 1 unspecified atom stereocenters. The average Bonchev–Trinajstić information content (AvgIpc) is 3.00. The van der Waals surface area contributed by atoms with Gasteiger partial charge in [0.25, 0.3) is 0 Å². The Balaban J connectivity index is 1.63. The second kappa shape index (κ2) is 8.13. The zero-order chi connectivity index (χ0) is 22.1. The number of benzene rings is 1. The Labute approximate surface area is 174 Å².